The van der Waals surface area contributed by atoms with Gasteiger partial charge in [-0.05, 0) is 38.5 Å². The summed E-state index contributed by atoms with van der Waals surface area (Å²) in [6, 6.07) is 0. The zero-order chi connectivity index (χ0) is 26.5. The quantitative estimate of drug-likeness (QED) is 0.0648. The third kappa shape index (κ3) is 25.8. The molecular formula is C32H60O4. The summed E-state index contributed by atoms with van der Waals surface area (Å²) >= 11 is 0. The fourth-order valence-electron chi connectivity index (χ4n) is 4.66. The average molecular weight is 509 g/mol. The first-order valence-corrected chi connectivity index (χ1v) is 15.6. The topological polar surface area (TPSA) is 63.6 Å². The van der Waals surface area contributed by atoms with E-state index in [1.54, 1.807) is 0 Å². The summed E-state index contributed by atoms with van der Waals surface area (Å²) in [5, 5.41) is 9.31. The standard InChI is InChI=1S/C32H60O4/c1-3-5-6-7-8-9-10-11-12-13-14-15-16-17-18-19-20-21-22-23-24-25-26-27-30(32(34)35)29-31(33)36-28-4-2/h20-21,30H,3-19,22-29H2,1-2H3,(H,34,35)/b21-20+. The Kier molecular flexibility index (Phi) is 27.2. The molecule has 4 nitrogen and oxygen atoms in total. The lowest BCUT2D eigenvalue weighted by Crippen LogP contribution is -2.19. The van der Waals surface area contributed by atoms with Crippen molar-refractivity contribution in [1.82, 2.24) is 0 Å². The maximum atomic E-state index is 11.7. The minimum Gasteiger partial charge on any atom is -0.481 e. The molecule has 1 unspecified atom stereocenters. The van der Waals surface area contributed by atoms with Crippen molar-refractivity contribution in [2.75, 3.05) is 6.61 Å². The Morgan fingerprint density at radius 3 is 1.44 bits per heavy atom. The van der Waals surface area contributed by atoms with Crippen molar-refractivity contribution < 1.29 is 19.4 Å². The molecule has 0 radical (unpaired) electrons. The van der Waals surface area contributed by atoms with Crippen molar-refractivity contribution in [2.24, 2.45) is 5.92 Å². The number of aliphatic carboxylic acids is 1. The number of hydrogen-bond donors (Lipinski definition) is 1. The first-order chi connectivity index (χ1) is 17.6. The van der Waals surface area contributed by atoms with Crippen LogP contribution in [0.5, 0.6) is 0 Å². The SMILES string of the molecule is CCCCCCCCCCCCCCCCC/C=C/CCCCCCC(CC(=O)OCCC)C(=O)O. The molecule has 0 fully saturated rings. The maximum absolute atomic E-state index is 11.7. The van der Waals surface area contributed by atoms with Gasteiger partial charge in [-0.15, -0.1) is 0 Å². The predicted octanol–water partition coefficient (Wildman–Crippen LogP) is 10.2. The molecule has 0 spiro atoms. The van der Waals surface area contributed by atoms with E-state index in [-0.39, 0.29) is 12.4 Å². The minimum absolute atomic E-state index is 0.00260. The summed E-state index contributed by atoms with van der Waals surface area (Å²) in [5.74, 6) is -1.88. The van der Waals surface area contributed by atoms with E-state index in [9.17, 15) is 14.7 Å². The number of rotatable bonds is 28. The van der Waals surface area contributed by atoms with Gasteiger partial charge in [-0.1, -0.05) is 135 Å². The molecule has 0 saturated heterocycles. The molecule has 0 aliphatic rings. The molecule has 36 heavy (non-hydrogen) atoms. The summed E-state index contributed by atoms with van der Waals surface area (Å²) in [5.41, 5.74) is 0. The molecule has 0 aliphatic carbocycles. The highest BCUT2D eigenvalue weighted by Gasteiger charge is 2.21. The Labute approximate surface area is 224 Å². The van der Waals surface area contributed by atoms with Crippen molar-refractivity contribution in [3.63, 3.8) is 0 Å². The lowest BCUT2D eigenvalue weighted by Gasteiger charge is -2.11. The second-order valence-corrected chi connectivity index (χ2v) is 10.7. The Bertz CT molecular complexity index is 514. The molecule has 0 amide bonds. The number of ether oxygens (including phenoxy) is 1. The summed E-state index contributed by atoms with van der Waals surface area (Å²) in [7, 11) is 0. The Morgan fingerprint density at radius 2 is 1.03 bits per heavy atom. The van der Waals surface area contributed by atoms with Crippen LogP contribution in [0, 0.1) is 5.92 Å². The molecule has 0 aromatic rings. The highest BCUT2D eigenvalue weighted by atomic mass is 16.5. The second kappa shape index (κ2) is 28.3. The molecule has 0 saturated carbocycles. The van der Waals surface area contributed by atoms with Gasteiger partial charge in [0.15, 0.2) is 0 Å². The van der Waals surface area contributed by atoms with Crippen LogP contribution in [0.3, 0.4) is 0 Å². The van der Waals surface area contributed by atoms with Gasteiger partial charge in [-0.3, -0.25) is 9.59 Å². The van der Waals surface area contributed by atoms with Gasteiger partial charge in [0, 0.05) is 0 Å². The van der Waals surface area contributed by atoms with Crippen LogP contribution in [0.1, 0.15) is 168 Å². The zero-order valence-corrected chi connectivity index (χ0v) is 24.1. The van der Waals surface area contributed by atoms with E-state index >= 15 is 0 Å². The van der Waals surface area contributed by atoms with E-state index in [0.717, 1.165) is 38.5 Å². The van der Waals surface area contributed by atoms with Gasteiger partial charge in [0.05, 0.1) is 18.9 Å². The van der Waals surface area contributed by atoms with E-state index in [4.69, 9.17) is 4.74 Å². The molecule has 4 heteroatoms. The van der Waals surface area contributed by atoms with Crippen LogP contribution in [0.2, 0.25) is 0 Å². The fraction of sp³-hybridized carbons (Fsp3) is 0.875. The fourth-order valence-corrected chi connectivity index (χ4v) is 4.66. The van der Waals surface area contributed by atoms with Crippen LogP contribution in [0.4, 0.5) is 0 Å². The molecule has 0 aromatic heterocycles. The molecule has 0 aliphatic heterocycles. The number of unbranched alkanes of at least 4 members (excludes halogenated alkanes) is 19. The highest BCUT2D eigenvalue weighted by molar-refractivity contribution is 5.78. The van der Waals surface area contributed by atoms with Crippen LogP contribution in [0.25, 0.3) is 0 Å². The number of carbonyl (C=O) groups excluding carboxylic acids is 1. The normalized spacial score (nSPS) is 12.3. The zero-order valence-electron chi connectivity index (χ0n) is 24.1. The lowest BCUT2D eigenvalue weighted by molar-refractivity contribution is -0.151. The van der Waals surface area contributed by atoms with Gasteiger partial charge in [0.25, 0.3) is 0 Å². The van der Waals surface area contributed by atoms with Crippen molar-refractivity contribution >= 4 is 11.9 Å². The number of carbonyl (C=O) groups is 2. The minimum atomic E-state index is -0.884. The van der Waals surface area contributed by atoms with Gasteiger partial charge in [-0.2, -0.15) is 0 Å². The number of carboxylic acid groups (broad SMARTS) is 1. The van der Waals surface area contributed by atoms with Crippen molar-refractivity contribution in [3.8, 4) is 0 Å². The van der Waals surface area contributed by atoms with E-state index in [0.29, 0.717) is 13.0 Å². The van der Waals surface area contributed by atoms with Crippen LogP contribution in [-0.2, 0) is 14.3 Å². The number of allylic oxidation sites excluding steroid dienone is 2. The monoisotopic (exact) mass is 508 g/mol. The largest absolute Gasteiger partial charge is 0.481 e. The molecule has 0 heterocycles. The first-order valence-electron chi connectivity index (χ1n) is 15.6. The van der Waals surface area contributed by atoms with Gasteiger partial charge < -0.3 is 9.84 Å². The third-order valence-electron chi connectivity index (χ3n) is 7.04. The Hall–Kier alpha value is -1.32. The Morgan fingerprint density at radius 1 is 0.611 bits per heavy atom. The number of esters is 1. The Balaban J connectivity index is 3.38. The molecular weight excluding hydrogens is 448 g/mol. The summed E-state index contributed by atoms with van der Waals surface area (Å²) < 4.78 is 5.02. The van der Waals surface area contributed by atoms with E-state index in [1.807, 2.05) is 6.92 Å². The first kappa shape index (κ1) is 34.7. The van der Waals surface area contributed by atoms with Crippen LogP contribution in [0.15, 0.2) is 12.2 Å². The van der Waals surface area contributed by atoms with Crippen molar-refractivity contribution in [1.29, 1.82) is 0 Å². The van der Waals surface area contributed by atoms with Gasteiger partial charge in [-0.25, -0.2) is 0 Å². The molecule has 0 rings (SSSR count). The number of hydrogen-bond acceptors (Lipinski definition) is 3. The smallest absolute Gasteiger partial charge is 0.307 e. The molecule has 0 bridgehead atoms. The van der Waals surface area contributed by atoms with Crippen molar-refractivity contribution in [2.45, 2.75) is 168 Å². The maximum Gasteiger partial charge on any atom is 0.307 e. The molecule has 1 atom stereocenters. The molecule has 212 valence electrons. The van der Waals surface area contributed by atoms with Crippen LogP contribution < -0.4 is 0 Å². The van der Waals surface area contributed by atoms with Gasteiger partial charge >= 0.3 is 11.9 Å². The summed E-state index contributed by atoms with van der Waals surface area (Å²) in [6.45, 7) is 4.59. The molecule has 0 aromatic carbocycles. The third-order valence-corrected chi connectivity index (χ3v) is 7.04. The summed E-state index contributed by atoms with van der Waals surface area (Å²) in [6.07, 6.45) is 33.6. The average Bonchev–Trinajstić information content (AvgIpc) is 2.87. The van der Waals surface area contributed by atoms with E-state index in [1.165, 1.54) is 103 Å². The van der Waals surface area contributed by atoms with E-state index < -0.39 is 11.9 Å². The second-order valence-electron chi connectivity index (χ2n) is 10.7. The number of carboxylic acids is 1. The lowest BCUT2D eigenvalue weighted by atomic mass is 9.97. The van der Waals surface area contributed by atoms with Gasteiger partial charge in [0.1, 0.15) is 0 Å². The van der Waals surface area contributed by atoms with Crippen LogP contribution in [-0.4, -0.2) is 23.7 Å². The van der Waals surface area contributed by atoms with E-state index in [2.05, 4.69) is 19.1 Å². The molecule has 1 N–H and O–H groups in total. The van der Waals surface area contributed by atoms with Crippen molar-refractivity contribution in [3.05, 3.63) is 12.2 Å². The van der Waals surface area contributed by atoms with Gasteiger partial charge in [0.2, 0.25) is 0 Å². The predicted molar refractivity (Wildman–Crippen MR) is 153 cm³/mol. The summed E-state index contributed by atoms with van der Waals surface area (Å²) in [4.78, 5) is 23.0. The van der Waals surface area contributed by atoms with Crippen LogP contribution >= 0.6 is 0 Å². The highest BCUT2D eigenvalue weighted by Crippen LogP contribution is 2.17.